The summed E-state index contributed by atoms with van der Waals surface area (Å²) in [4.78, 5) is 21.4. The number of thioether (sulfide) groups is 2. The van der Waals surface area contributed by atoms with Gasteiger partial charge in [-0.3, -0.25) is 19.9 Å². The number of nitrogens with zero attached hydrogens (tertiary/aromatic N) is 3. The molecule has 1 amide bonds. The van der Waals surface area contributed by atoms with Crippen LogP contribution < -0.4 is 22.5 Å². The summed E-state index contributed by atoms with van der Waals surface area (Å²) >= 11 is 2.96. The van der Waals surface area contributed by atoms with Gasteiger partial charge in [0, 0.05) is 39.4 Å². The van der Waals surface area contributed by atoms with Crippen molar-refractivity contribution in [3.8, 4) is 0 Å². The van der Waals surface area contributed by atoms with Crippen molar-refractivity contribution in [3.63, 3.8) is 0 Å². The summed E-state index contributed by atoms with van der Waals surface area (Å²) < 4.78 is 28.3. The molecule has 0 saturated heterocycles. The number of rotatable bonds is 4. The number of halogens is 2. The average Bonchev–Trinajstić information content (AvgIpc) is 3.40. The Balaban J connectivity index is 0.000000196. The highest BCUT2D eigenvalue weighted by atomic mass is 32.2. The molecule has 2 aliphatic heterocycles. The van der Waals surface area contributed by atoms with Gasteiger partial charge >= 0.3 is 0 Å². The van der Waals surface area contributed by atoms with Crippen LogP contribution in [0.4, 0.5) is 20.2 Å². The molecular formula is C30H32F2N8OS2. The van der Waals surface area contributed by atoms with Gasteiger partial charge in [-0.1, -0.05) is 41.7 Å². The van der Waals surface area contributed by atoms with Crippen LogP contribution in [0.15, 0.2) is 70.6 Å². The van der Waals surface area contributed by atoms with E-state index < -0.39 is 11.1 Å². The first-order chi connectivity index (χ1) is 20.5. The number of amides is 1. The van der Waals surface area contributed by atoms with Crippen molar-refractivity contribution in [1.29, 1.82) is 0 Å². The Hall–Kier alpha value is -4.10. The van der Waals surface area contributed by atoms with E-state index in [2.05, 4.69) is 25.5 Å². The van der Waals surface area contributed by atoms with Crippen LogP contribution in [0.1, 0.15) is 48.3 Å². The third kappa shape index (κ3) is 6.62. The first-order valence-corrected chi connectivity index (χ1v) is 15.5. The second kappa shape index (κ2) is 12.3. The fraction of sp³-hybridized carbons (Fsp3) is 0.267. The molecule has 9 nitrogen and oxygen atoms in total. The maximum Gasteiger partial charge on any atom is 0.276 e. The normalized spacial score (nSPS) is 21.8. The number of amidine groups is 2. The van der Waals surface area contributed by atoms with E-state index in [-0.39, 0.29) is 17.5 Å². The maximum absolute atomic E-state index is 14.5. The average molecular weight is 623 g/mol. The van der Waals surface area contributed by atoms with Crippen LogP contribution in [-0.2, 0) is 11.1 Å². The number of fused-ring (bicyclic) bond motifs is 1. The minimum Gasteiger partial charge on any atom is -0.399 e. The molecule has 1 aromatic heterocycles. The van der Waals surface area contributed by atoms with E-state index in [0.29, 0.717) is 45.0 Å². The van der Waals surface area contributed by atoms with E-state index in [0.717, 1.165) is 28.8 Å². The molecule has 6 rings (SSSR count). The van der Waals surface area contributed by atoms with Crippen LogP contribution >= 0.6 is 23.5 Å². The lowest BCUT2D eigenvalue weighted by Gasteiger charge is -2.30. The number of aromatic nitrogens is 2. The molecule has 8 N–H and O–H groups in total. The molecule has 43 heavy (non-hydrogen) atoms. The van der Waals surface area contributed by atoms with Gasteiger partial charge in [0.05, 0.1) is 16.6 Å². The number of nitrogens with one attached hydrogen (secondary N) is 2. The first kappa shape index (κ1) is 30.4. The number of nitrogens with two attached hydrogens (primary N) is 3. The van der Waals surface area contributed by atoms with Crippen molar-refractivity contribution in [3.05, 3.63) is 89.1 Å². The molecule has 0 radical (unpaired) electrons. The maximum atomic E-state index is 14.5. The molecule has 224 valence electrons. The number of H-pyrrole nitrogens is 1. The number of carbonyl (C=O) groups is 1. The third-order valence-corrected chi connectivity index (χ3v) is 9.04. The zero-order chi connectivity index (χ0) is 30.8. The summed E-state index contributed by atoms with van der Waals surface area (Å²) in [5, 5.41) is 11.4. The second-order valence-corrected chi connectivity index (χ2v) is 12.9. The fourth-order valence-electron chi connectivity index (χ4n) is 5.06. The highest BCUT2D eigenvalue weighted by Crippen LogP contribution is 2.38. The van der Waals surface area contributed by atoms with E-state index in [9.17, 15) is 13.6 Å². The molecule has 0 spiro atoms. The van der Waals surface area contributed by atoms with E-state index in [1.54, 1.807) is 18.2 Å². The topological polar surface area (TPSA) is 161 Å². The van der Waals surface area contributed by atoms with Gasteiger partial charge < -0.3 is 22.5 Å². The molecule has 2 atom stereocenters. The van der Waals surface area contributed by atoms with Crippen molar-refractivity contribution < 1.29 is 13.6 Å². The Labute approximate surface area is 256 Å². The van der Waals surface area contributed by atoms with E-state index >= 15 is 0 Å². The SMILES string of the molecule is C[C@@]1(c2cc(N)ccc2F)CCSC(N)=N1.C[C@@]1(c2cc(NC(=O)c3n[nH]c4ccccc34)ccc2F)CCSC(N)=N1. The summed E-state index contributed by atoms with van der Waals surface area (Å²) in [6.45, 7) is 3.74. The summed E-state index contributed by atoms with van der Waals surface area (Å²) in [5.74, 6) is 0.600. The molecule has 0 bridgehead atoms. The Kier molecular flexibility index (Phi) is 8.65. The van der Waals surface area contributed by atoms with Crippen LogP contribution in [0.3, 0.4) is 0 Å². The van der Waals surface area contributed by atoms with Gasteiger partial charge in [-0.15, -0.1) is 0 Å². The lowest BCUT2D eigenvalue weighted by atomic mass is 9.89. The van der Waals surface area contributed by atoms with Crippen LogP contribution in [-0.4, -0.2) is 37.9 Å². The first-order valence-electron chi connectivity index (χ1n) is 13.5. The lowest BCUT2D eigenvalue weighted by Crippen LogP contribution is -2.29. The summed E-state index contributed by atoms with van der Waals surface area (Å²) in [5.41, 5.74) is 18.9. The molecule has 0 unspecified atom stereocenters. The van der Waals surface area contributed by atoms with Crippen molar-refractivity contribution in [2.75, 3.05) is 22.6 Å². The van der Waals surface area contributed by atoms with Crippen LogP contribution in [0.2, 0.25) is 0 Å². The number of aromatic amines is 1. The Morgan fingerprint density at radius 3 is 2.07 bits per heavy atom. The number of hydrogen-bond donors (Lipinski definition) is 5. The van der Waals surface area contributed by atoms with Gasteiger partial charge in [0.15, 0.2) is 16.0 Å². The molecule has 3 heterocycles. The van der Waals surface area contributed by atoms with Crippen LogP contribution in [0, 0.1) is 11.6 Å². The van der Waals surface area contributed by atoms with Gasteiger partial charge in [0.25, 0.3) is 5.91 Å². The number of carbonyl (C=O) groups excluding carboxylic acids is 1. The quantitative estimate of drug-likeness (QED) is 0.183. The smallest absolute Gasteiger partial charge is 0.276 e. The Bertz CT molecular complexity index is 1740. The molecule has 0 fully saturated rings. The fourth-order valence-corrected chi connectivity index (χ4v) is 7.01. The molecule has 2 aliphatic rings. The summed E-state index contributed by atoms with van der Waals surface area (Å²) in [7, 11) is 0. The van der Waals surface area contributed by atoms with Gasteiger partial charge in [0.1, 0.15) is 11.6 Å². The number of aliphatic imine (C=N–C) groups is 2. The van der Waals surface area contributed by atoms with Gasteiger partial charge in [-0.25, -0.2) is 8.78 Å². The summed E-state index contributed by atoms with van der Waals surface area (Å²) in [6.07, 6.45) is 1.43. The minimum atomic E-state index is -0.751. The molecule has 0 saturated carbocycles. The molecular weight excluding hydrogens is 591 g/mol. The lowest BCUT2D eigenvalue weighted by molar-refractivity contribution is 0.102. The van der Waals surface area contributed by atoms with Crippen LogP contribution in [0.5, 0.6) is 0 Å². The zero-order valence-corrected chi connectivity index (χ0v) is 25.3. The number of para-hydroxylation sites is 1. The van der Waals surface area contributed by atoms with Gasteiger partial charge in [-0.05, 0) is 69.2 Å². The van der Waals surface area contributed by atoms with Crippen molar-refractivity contribution in [2.24, 2.45) is 21.5 Å². The second-order valence-electron chi connectivity index (χ2n) is 10.7. The number of anilines is 2. The summed E-state index contributed by atoms with van der Waals surface area (Å²) in [6, 6.07) is 16.4. The highest BCUT2D eigenvalue weighted by Gasteiger charge is 2.33. The Morgan fingerprint density at radius 1 is 0.860 bits per heavy atom. The van der Waals surface area contributed by atoms with E-state index in [4.69, 9.17) is 17.2 Å². The van der Waals surface area contributed by atoms with Gasteiger partial charge in [0.2, 0.25) is 0 Å². The van der Waals surface area contributed by atoms with Gasteiger partial charge in [-0.2, -0.15) is 5.10 Å². The van der Waals surface area contributed by atoms with Crippen molar-refractivity contribution in [2.45, 2.75) is 37.8 Å². The largest absolute Gasteiger partial charge is 0.399 e. The molecule has 13 heteroatoms. The van der Waals surface area contributed by atoms with E-state index in [1.807, 2.05) is 38.1 Å². The van der Waals surface area contributed by atoms with Crippen molar-refractivity contribution in [1.82, 2.24) is 10.2 Å². The predicted octanol–water partition coefficient (Wildman–Crippen LogP) is 5.70. The minimum absolute atomic E-state index is 0.278. The standard InChI is InChI=1S/C19H18FN5OS.C11H14FN3S/c1-19(8-9-27-18(21)23-19)13-10-11(6-7-14(13)20)22-17(26)16-12-4-2-3-5-15(12)24-25-16;1-11(4-5-16-10(14)15-11)8-6-7(13)2-3-9(8)12/h2-7,10H,8-9H2,1H3,(H2,21,23)(H,22,26)(H,24,25);2-3,6H,4-5,13H2,1H3,(H2,14,15)/t19-;11-/m00/s1. The molecule has 3 aromatic carbocycles. The Morgan fingerprint density at radius 2 is 1.44 bits per heavy atom. The molecule has 0 aliphatic carbocycles. The van der Waals surface area contributed by atoms with E-state index in [1.165, 1.54) is 41.7 Å². The monoisotopic (exact) mass is 622 g/mol. The predicted molar refractivity (Wildman–Crippen MR) is 173 cm³/mol. The number of hydrogen-bond acceptors (Lipinski definition) is 9. The zero-order valence-electron chi connectivity index (χ0n) is 23.7. The molecule has 4 aromatic rings. The van der Waals surface area contributed by atoms with Crippen LogP contribution in [0.25, 0.3) is 10.9 Å². The van der Waals surface area contributed by atoms with Crippen molar-refractivity contribution >= 4 is 62.0 Å². The number of nitrogen functional groups attached to an aromatic ring is 1. The number of benzene rings is 3. The highest BCUT2D eigenvalue weighted by molar-refractivity contribution is 8.14. The third-order valence-electron chi connectivity index (χ3n) is 7.45.